The maximum Gasteiger partial charge on any atom is 0.183 e. The number of halogens is 1. The number of fused-ring (bicyclic) bond motifs is 1. The highest BCUT2D eigenvalue weighted by Crippen LogP contribution is 2.25. The van der Waals surface area contributed by atoms with Gasteiger partial charge in [0.1, 0.15) is 11.3 Å². The molecule has 4 aromatic rings. The predicted molar refractivity (Wildman–Crippen MR) is 97.6 cm³/mol. The van der Waals surface area contributed by atoms with Gasteiger partial charge in [-0.3, -0.25) is 0 Å². The van der Waals surface area contributed by atoms with E-state index in [1.807, 2.05) is 37.4 Å². The molecule has 7 nitrogen and oxygen atoms in total. The zero-order valence-corrected chi connectivity index (χ0v) is 14.3. The van der Waals surface area contributed by atoms with Gasteiger partial charge in [0.25, 0.3) is 0 Å². The predicted octanol–water partition coefficient (Wildman–Crippen LogP) is 3.36. The SMILES string of the molecule is Cc1nc2nc(-c3cccc(Cl)c3)nc(NCCc3cnc[nH]3)c2[nH]1. The summed E-state index contributed by atoms with van der Waals surface area (Å²) in [5, 5.41) is 4.01. The summed E-state index contributed by atoms with van der Waals surface area (Å²) in [6, 6.07) is 7.48. The first-order valence-corrected chi connectivity index (χ1v) is 8.28. The highest BCUT2D eigenvalue weighted by molar-refractivity contribution is 6.30. The van der Waals surface area contributed by atoms with Crippen molar-refractivity contribution in [2.24, 2.45) is 0 Å². The Morgan fingerprint density at radius 3 is 2.92 bits per heavy atom. The first kappa shape index (κ1) is 15.6. The second-order valence-corrected chi connectivity index (χ2v) is 6.12. The molecule has 0 unspecified atom stereocenters. The molecule has 3 aromatic heterocycles. The molecule has 1 aromatic carbocycles. The molecule has 126 valence electrons. The minimum Gasteiger partial charge on any atom is -0.368 e. The van der Waals surface area contributed by atoms with Crippen molar-refractivity contribution in [3.8, 4) is 11.4 Å². The smallest absolute Gasteiger partial charge is 0.183 e. The van der Waals surface area contributed by atoms with Crippen molar-refractivity contribution >= 4 is 28.6 Å². The molecule has 0 aliphatic heterocycles. The Balaban J connectivity index is 1.68. The Morgan fingerprint density at radius 1 is 1.20 bits per heavy atom. The summed E-state index contributed by atoms with van der Waals surface area (Å²) in [7, 11) is 0. The van der Waals surface area contributed by atoms with Gasteiger partial charge in [0.15, 0.2) is 17.3 Å². The quantitative estimate of drug-likeness (QED) is 0.511. The molecule has 4 rings (SSSR count). The van der Waals surface area contributed by atoms with Gasteiger partial charge in [0.05, 0.1) is 6.33 Å². The number of nitrogens with one attached hydrogen (secondary N) is 3. The molecule has 0 amide bonds. The number of benzene rings is 1. The zero-order valence-electron chi connectivity index (χ0n) is 13.5. The summed E-state index contributed by atoms with van der Waals surface area (Å²) in [4.78, 5) is 24.0. The molecule has 0 radical (unpaired) electrons. The van der Waals surface area contributed by atoms with E-state index >= 15 is 0 Å². The fourth-order valence-electron chi connectivity index (χ4n) is 2.63. The molecular weight excluding hydrogens is 338 g/mol. The molecule has 0 aliphatic rings. The van der Waals surface area contributed by atoms with Crippen molar-refractivity contribution in [3.05, 3.63) is 53.3 Å². The third-order valence-corrected chi connectivity index (χ3v) is 4.03. The van der Waals surface area contributed by atoms with Crippen LogP contribution in [0.3, 0.4) is 0 Å². The lowest BCUT2D eigenvalue weighted by atomic mass is 10.2. The van der Waals surface area contributed by atoms with Gasteiger partial charge in [0.2, 0.25) is 0 Å². The van der Waals surface area contributed by atoms with E-state index in [4.69, 9.17) is 11.6 Å². The number of anilines is 1. The van der Waals surface area contributed by atoms with Crippen LogP contribution in [0.5, 0.6) is 0 Å². The van der Waals surface area contributed by atoms with Crippen LogP contribution < -0.4 is 5.32 Å². The van der Waals surface area contributed by atoms with E-state index in [1.165, 1.54) is 0 Å². The molecule has 0 saturated heterocycles. The van der Waals surface area contributed by atoms with Gasteiger partial charge in [-0.05, 0) is 19.1 Å². The normalized spacial score (nSPS) is 11.1. The van der Waals surface area contributed by atoms with Crippen molar-refractivity contribution in [3.63, 3.8) is 0 Å². The number of hydrogen-bond acceptors (Lipinski definition) is 5. The lowest BCUT2D eigenvalue weighted by molar-refractivity contribution is 0.968. The summed E-state index contributed by atoms with van der Waals surface area (Å²) in [5.74, 6) is 2.11. The Bertz CT molecular complexity index is 1010. The van der Waals surface area contributed by atoms with Crippen LogP contribution in [0.2, 0.25) is 5.02 Å². The number of aryl methyl sites for hydroxylation is 1. The molecular formula is C17H16ClN7. The first-order valence-electron chi connectivity index (χ1n) is 7.90. The minimum atomic E-state index is 0.588. The van der Waals surface area contributed by atoms with Crippen molar-refractivity contribution in [2.75, 3.05) is 11.9 Å². The monoisotopic (exact) mass is 353 g/mol. The van der Waals surface area contributed by atoms with Crippen LogP contribution in [-0.2, 0) is 6.42 Å². The topological polar surface area (TPSA) is 95.2 Å². The average Bonchev–Trinajstić information content (AvgIpc) is 3.23. The molecule has 8 heteroatoms. The number of nitrogens with zero attached hydrogens (tertiary/aromatic N) is 4. The number of imidazole rings is 2. The number of H-pyrrole nitrogens is 2. The number of aromatic amines is 2. The summed E-state index contributed by atoms with van der Waals surface area (Å²) in [5.41, 5.74) is 3.35. The third kappa shape index (κ3) is 3.32. The summed E-state index contributed by atoms with van der Waals surface area (Å²) in [6.45, 7) is 2.61. The van der Waals surface area contributed by atoms with E-state index in [1.54, 1.807) is 6.33 Å². The van der Waals surface area contributed by atoms with E-state index in [2.05, 4.69) is 35.2 Å². The van der Waals surface area contributed by atoms with E-state index in [-0.39, 0.29) is 0 Å². The Hall–Kier alpha value is -2.93. The van der Waals surface area contributed by atoms with Crippen molar-refractivity contribution in [1.82, 2.24) is 29.9 Å². The molecule has 25 heavy (non-hydrogen) atoms. The summed E-state index contributed by atoms with van der Waals surface area (Å²) in [6.07, 6.45) is 4.30. The van der Waals surface area contributed by atoms with Crippen molar-refractivity contribution in [2.45, 2.75) is 13.3 Å². The maximum atomic E-state index is 6.10. The van der Waals surface area contributed by atoms with Crippen LogP contribution in [-0.4, -0.2) is 36.4 Å². The number of hydrogen-bond donors (Lipinski definition) is 3. The number of aromatic nitrogens is 6. The van der Waals surface area contributed by atoms with Gasteiger partial charge < -0.3 is 15.3 Å². The number of rotatable bonds is 5. The Morgan fingerprint density at radius 2 is 2.12 bits per heavy atom. The standard InChI is InChI=1S/C17H16ClN7/c1-10-22-14-16(20-6-5-13-8-19-9-21-13)24-15(25-17(14)23-10)11-3-2-4-12(18)7-11/h2-4,7-9H,5-6H2,1H3,(H,19,21)(H2,20,22,23,24,25). The van der Waals surface area contributed by atoms with Crippen LogP contribution in [0.25, 0.3) is 22.6 Å². The van der Waals surface area contributed by atoms with Crippen LogP contribution in [0, 0.1) is 6.92 Å². The van der Waals surface area contributed by atoms with Crippen molar-refractivity contribution in [1.29, 1.82) is 0 Å². The highest BCUT2D eigenvalue weighted by atomic mass is 35.5. The molecule has 0 aliphatic carbocycles. The van der Waals surface area contributed by atoms with E-state index < -0.39 is 0 Å². The molecule has 3 N–H and O–H groups in total. The van der Waals surface area contributed by atoms with Gasteiger partial charge in [-0.25, -0.2) is 19.9 Å². The lowest BCUT2D eigenvalue weighted by Crippen LogP contribution is -2.08. The van der Waals surface area contributed by atoms with E-state index in [0.29, 0.717) is 23.0 Å². The average molecular weight is 354 g/mol. The molecule has 0 atom stereocenters. The maximum absolute atomic E-state index is 6.10. The summed E-state index contributed by atoms with van der Waals surface area (Å²) < 4.78 is 0. The van der Waals surface area contributed by atoms with Crippen LogP contribution in [0.1, 0.15) is 11.5 Å². The second-order valence-electron chi connectivity index (χ2n) is 5.68. The molecule has 0 spiro atoms. The van der Waals surface area contributed by atoms with Gasteiger partial charge in [-0.1, -0.05) is 23.7 Å². The fourth-order valence-corrected chi connectivity index (χ4v) is 2.82. The molecule has 0 fully saturated rings. The second kappa shape index (κ2) is 6.52. The van der Waals surface area contributed by atoms with E-state index in [9.17, 15) is 0 Å². The highest BCUT2D eigenvalue weighted by Gasteiger charge is 2.13. The molecule has 0 bridgehead atoms. The van der Waals surface area contributed by atoms with Crippen LogP contribution in [0.4, 0.5) is 5.82 Å². The Labute approximate surface area is 148 Å². The lowest BCUT2D eigenvalue weighted by Gasteiger charge is -2.08. The van der Waals surface area contributed by atoms with Gasteiger partial charge in [0, 0.05) is 35.4 Å². The largest absolute Gasteiger partial charge is 0.368 e. The van der Waals surface area contributed by atoms with Gasteiger partial charge >= 0.3 is 0 Å². The van der Waals surface area contributed by atoms with E-state index in [0.717, 1.165) is 34.8 Å². The third-order valence-electron chi connectivity index (χ3n) is 3.79. The van der Waals surface area contributed by atoms with Gasteiger partial charge in [-0.15, -0.1) is 0 Å². The fraction of sp³-hybridized carbons (Fsp3) is 0.176. The molecule has 0 saturated carbocycles. The zero-order chi connectivity index (χ0) is 17.2. The van der Waals surface area contributed by atoms with Crippen LogP contribution >= 0.6 is 11.6 Å². The summed E-state index contributed by atoms with van der Waals surface area (Å²) >= 11 is 6.10. The minimum absolute atomic E-state index is 0.588. The van der Waals surface area contributed by atoms with Gasteiger partial charge in [-0.2, -0.15) is 0 Å². The first-order chi connectivity index (χ1) is 12.2. The van der Waals surface area contributed by atoms with Crippen LogP contribution in [0.15, 0.2) is 36.8 Å². The molecule has 3 heterocycles. The van der Waals surface area contributed by atoms with Crippen molar-refractivity contribution < 1.29 is 0 Å². The Kier molecular flexibility index (Phi) is 4.07.